The molecule has 3 aromatic carbocycles. The number of aliphatic hydroxyl groups is 1. The van der Waals surface area contributed by atoms with Crippen LogP contribution in [0, 0.1) is 5.92 Å². The lowest BCUT2D eigenvalue weighted by Crippen LogP contribution is -2.52. The molecule has 2 bridgehead atoms. The zero-order valence-electron chi connectivity index (χ0n) is 30.4. The number of hydrogen-bond donors (Lipinski definition) is 5. The molecule has 13 heteroatoms. The topological polar surface area (TPSA) is 176 Å². The molecule has 13 nitrogen and oxygen atoms in total. The first-order valence-corrected chi connectivity index (χ1v) is 18.8. The van der Waals surface area contributed by atoms with Crippen molar-refractivity contribution in [2.75, 3.05) is 39.3 Å². The van der Waals surface area contributed by atoms with E-state index in [1.165, 1.54) is 12.1 Å². The number of piperidine rings is 3. The minimum atomic E-state index is -0.855. The van der Waals surface area contributed by atoms with Crippen LogP contribution < -0.4 is 20.9 Å². The Morgan fingerprint density at radius 3 is 2.56 bits per heavy atom. The molecule has 8 rings (SSSR count). The van der Waals surface area contributed by atoms with Gasteiger partial charge in [-0.05, 0) is 104 Å². The number of aromatic hydroxyl groups is 1. The first kappa shape index (κ1) is 37.7. The molecule has 0 unspecified atom stereocenters. The Balaban J connectivity index is 0.849. The van der Waals surface area contributed by atoms with E-state index in [1.54, 1.807) is 24.3 Å². The number of esters is 1. The molecule has 0 saturated carbocycles. The molecule has 288 valence electrons. The first-order chi connectivity index (χ1) is 26.8. The van der Waals surface area contributed by atoms with Gasteiger partial charge in [0.05, 0.1) is 24.3 Å². The predicted octanol–water partition coefficient (Wildman–Crippen LogP) is 5.58. The minimum absolute atomic E-state index is 0.0614. The highest BCUT2D eigenvalue weighted by atomic mass is 16.6. The van der Waals surface area contributed by atoms with Gasteiger partial charge in [-0.1, -0.05) is 48.5 Å². The van der Waals surface area contributed by atoms with Gasteiger partial charge in [-0.3, -0.25) is 9.69 Å². The Kier molecular flexibility index (Phi) is 12.1. The van der Waals surface area contributed by atoms with E-state index >= 15 is 0 Å². The third-order valence-electron chi connectivity index (χ3n) is 10.3. The van der Waals surface area contributed by atoms with Crippen LogP contribution in [0.3, 0.4) is 0 Å². The van der Waals surface area contributed by atoms with Crippen LogP contribution in [0.2, 0.25) is 0 Å². The fraction of sp³-hybridized carbons (Fsp3) is 0.357. The summed E-state index contributed by atoms with van der Waals surface area (Å²) in [5.74, 6) is 0.868. The molecular formula is C42H46N4O9. The molecule has 5 aromatic rings. The quantitative estimate of drug-likeness (QED) is 0.0630. The van der Waals surface area contributed by atoms with E-state index in [0.717, 1.165) is 43.6 Å². The van der Waals surface area contributed by atoms with Crippen molar-refractivity contribution >= 4 is 23.0 Å². The van der Waals surface area contributed by atoms with Gasteiger partial charge in [-0.2, -0.15) is 0 Å². The molecule has 2 aromatic heterocycles. The average molecular weight is 751 g/mol. The summed E-state index contributed by atoms with van der Waals surface area (Å²) in [5.41, 5.74) is 2.27. The number of nitrogens with zero attached hydrogens (tertiary/aromatic N) is 1. The Labute approximate surface area is 318 Å². The smallest absolute Gasteiger partial charge is 0.408 e. The molecule has 3 aliphatic heterocycles. The largest absolute Gasteiger partial charge is 0.506 e. The number of aliphatic hydroxyl groups excluding tert-OH is 1. The normalized spacial score (nSPS) is 18.7. The van der Waals surface area contributed by atoms with Gasteiger partial charge in [0.25, 0.3) is 0 Å². The number of alkyl carbamates (subject to hydrolysis) is 1. The van der Waals surface area contributed by atoms with Gasteiger partial charge < -0.3 is 44.5 Å². The summed E-state index contributed by atoms with van der Waals surface area (Å²) in [6.45, 7) is 4.04. The molecular weight excluding hydrogens is 704 g/mol. The number of rotatable bonds is 16. The number of carbonyl (C=O) groups is 2. The predicted molar refractivity (Wildman–Crippen MR) is 204 cm³/mol. The van der Waals surface area contributed by atoms with E-state index in [4.69, 9.17) is 18.6 Å². The second kappa shape index (κ2) is 17.7. The number of nitrogens with one attached hydrogen (secondary N) is 3. The van der Waals surface area contributed by atoms with Crippen LogP contribution in [-0.4, -0.2) is 77.6 Å². The van der Waals surface area contributed by atoms with Crippen molar-refractivity contribution in [3.63, 3.8) is 0 Å². The monoisotopic (exact) mass is 750 g/mol. The number of hydrogen-bond acceptors (Lipinski definition) is 11. The van der Waals surface area contributed by atoms with Gasteiger partial charge in [-0.25, -0.2) is 9.59 Å². The fourth-order valence-electron chi connectivity index (χ4n) is 7.33. The minimum Gasteiger partial charge on any atom is -0.506 e. The third-order valence-corrected chi connectivity index (χ3v) is 10.3. The SMILES string of the molecule is O=C(N[C@@H](c1ccccc1)c1cccc(OCc2ccc(C(=O)OCCCCNC[C@H](O)c3ccc(O)c4[nH]c(=O)ccc34)o2)c1)O[C@H]1CN2CCC1CC2. The number of unbranched alkanes of at least 4 members (excludes halogenated alkanes) is 1. The number of aromatic nitrogens is 1. The highest BCUT2D eigenvalue weighted by Crippen LogP contribution is 2.31. The van der Waals surface area contributed by atoms with Crippen LogP contribution in [-0.2, 0) is 16.1 Å². The zero-order valence-corrected chi connectivity index (χ0v) is 30.4. The lowest BCUT2D eigenvalue weighted by molar-refractivity contribution is -0.0336. The lowest BCUT2D eigenvalue weighted by atomic mass is 9.86. The average Bonchev–Trinajstić information content (AvgIpc) is 3.69. The zero-order chi connectivity index (χ0) is 38.1. The van der Waals surface area contributed by atoms with Gasteiger partial charge >= 0.3 is 12.1 Å². The highest BCUT2D eigenvalue weighted by Gasteiger charge is 2.37. The molecule has 0 spiro atoms. The standard InChI is InChI=1S/C42H46N4O9/c47-34-14-12-32(33-13-16-38(49)44-40(33)34)35(48)24-43-19-4-5-22-52-41(50)36-15-11-31(54-36)26-53-30-10-6-9-29(23-30)39(28-7-2-1-3-8-28)45-42(51)55-37-25-46-20-17-27(37)18-21-46/h1-3,6-16,23,27,35,37,39,43,47-48H,4-5,17-22,24-26H2,(H,44,49)(H,45,51)/t35-,37-,39-/m0/s1. The number of H-pyrrole nitrogens is 1. The van der Waals surface area contributed by atoms with Crippen molar-refractivity contribution in [2.45, 2.75) is 50.5 Å². The van der Waals surface area contributed by atoms with Crippen LogP contribution >= 0.6 is 0 Å². The number of ether oxygens (including phenoxy) is 3. The van der Waals surface area contributed by atoms with Crippen LogP contribution in [0.5, 0.6) is 11.5 Å². The van der Waals surface area contributed by atoms with Gasteiger partial charge in [0.15, 0.2) is 0 Å². The molecule has 0 aliphatic carbocycles. The molecule has 3 saturated heterocycles. The number of aromatic amines is 1. The van der Waals surface area contributed by atoms with Gasteiger partial charge in [0.1, 0.15) is 30.0 Å². The summed E-state index contributed by atoms with van der Waals surface area (Å²) in [7, 11) is 0. The van der Waals surface area contributed by atoms with E-state index in [2.05, 4.69) is 20.5 Å². The second-order valence-corrected chi connectivity index (χ2v) is 14.0. The maximum atomic E-state index is 13.2. The van der Waals surface area contributed by atoms with Crippen molar-refractivity contribution in [1.29, 1.82) is 0 Å². The molecule has 3 aliphatic rings. The van der Waals surface area contributed by atoms with Crippen molar-refractivity contribution in [2.24, 2.45) is 5.92 Å². The van der Waals surface area contributed by atoms with Crippen molar-refractivity contribution in [3.05, 3.63) is 130 Å². The summed E-state index contributed by atoms with van der Waals surface area (Å²) in [6, 6.07) is 26.0. The number of carbonyl (C=O) groups excluding carboxylic acids is 2. The highest BCUT2D eigenvalue weighted by molar-refractivity contribution is 5.87. The number of amides is 1. The number of phenolic OH excluding ortho intramolecular Hbond substituents is 1. The van der Waals surface area contributed by atoms with Crippen LogP contribution in [0.15, 0.2) is 100 Å². The molecule has 3 fully saturated rings. The van der Waals surface area contributed by atoms with Crippen LogP contribution in [0.1, 0.15) is 70.8 Å². The van der Waals surface area contributed by atoms with Crippen molar-refractivity contribution < 1.29 is 38.4 Å². The molecule has 1 amide bonds. The summed E-state index contributed by atoms with van der Waals surface area (Å²) in [4.78, 5) is 42.4. The summed E-state index contributed by atoms with van der Waals surface area (Å²) in [5, 5.41) is 27.6. The molecule has 55 heavy (non-hydrogen) atoms. The Bertz CT molecular complexity index is 2130. The molecule has 0 radical (unpaired) electrons. The van der Waals surface area contributed by atoms with Crippen molar-refractivity contribution in [3.8, 4) is 11.5 Å². The summed E-state index contributed by atoms with van der Waals surface area (Å²) >= 11 is 0. The van der Waals surface area contributed by atoms with Gasteiger partial charge in [-0.15, -0.1) is 0 Å². The number of pyridine rings is 1. The molecule has 5 heterocycles. The number of benzene rings is 3. The summed E-state index contributed by atoms with van der Waals surface area (Å²) < 4.78 is 23.1. The third kappa shape index (κ3) is 9.55. The second-order valence-electron chi connectivity index (χ2n) is 14.0. The summed E-state index contributed by atoms with van der Waals surface area (Å²) in [6.07, 6.45) is 2.01. The Morgan fingerprint density at radius 1 is 0.945 bits per heavy atom. The van der Waals surface area contributed by atoms with Crippen molar-refractivity contribution in [1.82, 2.24) is 20.5 Å². The maximum absolute atomic E-state index is 13.2. The molecule has 5 N–H and O–H groups in total. The van der Waals surface area contributed by atoms with E-state index in [0.29, 0.717) is 47.8 Å². The maximum Gasteiger partial charge on any atom is 0.408 e. The fourth-order valence-corrected chi connectivity index (χ4v) is 7.33. The lowest BCUT2D eigenvalue weighted by Gasteiger charge is -2.43. The number of fused-ring (bicyclic) bond motifs is 4. The first-order valence-electron chi connectivity index (χ1n) is 18.8. The van der Waals surface area contributed by atoms with E-state index < -0.39 is 24.2 Å². The molecule has 3 atom stereocenters. The van der Waals surface area contributed by atoms with Crippen LogP contribution in [0.4, 0.5) is 4.79 Å². The van der Waals surface area contributed by atoms with E-state index in [9.17, 15) is 24.6 Å². The Morgan fingerprint density at radius 2 is 1.76 bits per heavy atom. The number of phenols is 1. The van der Waals surface area contributed by atoms with E-state index in [1.807, 2.05) is 54.6 Å². The van der Waals surface area contributed by atoms with E-state index in [-0.39, 0.29) is 48.4 Å². The number of furan rings is 1. The van der Waals surface area contributed by atoms with Gasteiger partial charge in [0, 0.05) is 24.5 Å². The van der Waals surface area contributed by atoms with Gasteiger partial charge in [0.2, 0.25) is 11.3 Å². The Hall–Kier alpha value is -5.63. The van der Waals surface area contributed by atoms with Crippen LogP contribution in [0.25, 0.3) is 10.9 Å².